The Bertz CT molecular complexity index is 972. The topological polar surface area (TPSA) is 59.3 Å². The first-order valence-corrected chi connectivity index (χ1v) is 14.3. The molecule has 1 aliphatic carbocycles. The molecule has 0 amide bonds. The van der Waals surface area contributed by atoms with Crippen LogP contribution in [0.1, 0.15) is 95.5 Å². The lowest BCUT2D eigenvalue weighted by atomic mass is 9.94. The van der Waals surface area contributed by atoms with E-state index in [1.807, 2.05) is 36.4 Å². The molecule has 1 aliphatic rings. The summed E-state index contributed by atoms with van der Waals surface area (Å²) in [6, 6.07) is 18.0. The van der Waals surface area contributed by atoms with Crippen LogP contribution in [0.5, 0.6) is 5.75 Å². The summed E-state index contributed by atoms with van der Waals surface area (Å²) in [4.78, 5) is 12.2. The number of nitriles is 1. The van der Waals surface area contributed by atoms with Crippen LogP contribution in [0.3, 0.4) is 0 Å². The molecule has 198 valence electrons. The maximum absolute atomic E-state index is 12.2. The van der Waals surface area contributed by atoms with E-state index in [9.17, 15) is 4.79 Å². The Morgan fingerprint density at radius 1 is 0.730 bits per heavy atom. The van der Waals surface area contributed by atoms with Crippen molar-refractivity contribution in [1.82, 2.24) is 0 Å². The van der Waals surface area contributed by atoms with Gasteiger partial charge >= 0.3 is 5.97 Å². The van der Waals surface area contributed by atoms with E-state index in [1.165, 1.54) is 38.5 Å². The van der Waals surface area contributed by atoms with Gasteiger partial charge in [-0.05, 0) is 80.3 Å². The zero-order valence-corrected chi connectivity index (χ0v) is 22.3. The van der Waals surface area contributed by atoms with E-state index >= 15 is 0 Å². The Kier molecular flexibility index (Phi) is 13.4. The Morgan fingerprint density at radius 3 is 1.95 bits per heavy atom. The monoisotopic (exact) mass is 501 g/mol. The molecule has 0 aromatic heterocycles. The molecule has 0 N–H and O–H groups in total. The van der Waals surface area contributed by atoms with Crippen molar-refractivity contribution in [1.29, 1.82) is 5.26 Å². The van der Waals surface area contributed by atoms with Gasteiger partial charge in [-0.1, -0.05) is 81.4 Å². The Labute approximate surface area is 223 Å². The number of nitrogens with zero attached hydrogens (tertiary/aromatic N) is 1. The third kappa shape index (κ3) is 11.3. The molecule has 2 aromatic carbocycles. The van der Waals surface area contributed by atoms with Gasteiger partial charge in [0.15, 0.2) is 0 Å². The van der Waals surface area contributed by atoms with Crippen LogP contribution >= 0.6 is 0 Å². The van der Waals surface area contributed by atoms with Gasteiger partial charge in [0.25, 0.3) is 0 Å². The fraction of sp³-hybridized carbons (Fsp3) is 0.515. The fourth-order valence-electron chi connectivity index (χ4n) is 4.80. The highest BCUT2D eigenvalue weighted by Crippen LogP contribution is 2.23. The number of carbonyl (C=O) groups excluding carboxylic acids is 1. The summed E-state index contributed by atoms with van der Waals surface area (Å²) in [6.07, 6.45) is 20.3. The van der Waals surface area contributed by atoms with Crippen molar-refractivity contribution in [2.75, 3.05) is 13.2 Å². The van der Waals surface area contributed by atoms with Crippen LogP contribution in [0.4, 0.5) is 0 Å². The maximum atomic E-state index is 12.2. The third-order valence-corrected chi connectivity index (χ3v) is 7.11. The highest BCUT2D eigenvalue weighted by Gasteiger charge is 2.19. The lowest BCUT2D eigenvalue weighted by Gasteiger charge is -2.16. The van der Waals surface area contributed by atoms with Crippen molar-refractivity contribution in [3.63, 3.8) is 0 Å². The summed E-state index contributed by atoms with van der Waals surface area (Å²) in [5, 5.41) is 8.92. The van der Waals surface area contributed by atoms with E-state index < -0.39 is 0 Å². The first-order valence-electron chi connectivity index (χ1n) is 14.3. The van der Waals surface area contributed by atoms with Crippen LogP contribution in [0, 0.1) is 17.2 Å². The number of hydrogen-bond acceptors (Lipinski definition) is 4. The zero-order valence-electron chi connectivity index (χ0n) is 22.3. The molecule has 4 nitrogen and oxygen atoms in total. The van der Waals surface area contributed by atoms with Crippen LogP contribution in [0.2, 0.25) is 0 Å². The van der Waals surface area contributed by atoms with Gasteiger partial charge in [-0.25, -0.2) is 0 Å². The summed E-state index contributed by atoms with van der Waals surface area (Å²) < 4.78 is 11.4. The number of rotatable bonds is 15. The van der Waals surface area contributed by atoms with Crippen molar-refractivity contribution in [2.45, 2.75) is 89.9 Å². The van der Waals surface area contributed by atoms with E-state index in [2.05, 4.69) is 30.4 Å². The summed E-state index contributed by atoms with van der Waals surface area (Å²) in [5.41, 5.74) is 2.91. The van der Waals surface area contributed by atoms with Gasteiger partial charge in [0.1, 0.15) is 5.75 Å². The summed E-state index contributed by atoms with van der Waals surface area (Å²) in [7, 11) is 0. The number of unbranched alkanes of at least 4 members (excludes halogenated alkanes) is 8. The molecule has 0 unspecified atom stereocenters. The van der Waals surface area contributed by atoms with E-state index in [0.717, 1.165) is 74.8 Å². The van der Waals surface area contributed by atoms with Crippen LogP contribution in [0.15, 0.2) is 60.7 Å². The lowest BCUT2D eigenvalue weighted by Crippen LogP contribution is -2.19. The standard InChI is InChI=1S/C33H43NO3/c34-27-28-17-19-29(20-18-28)30-21-23-32(24-22-30)36-25-13-9-4-2-1-3-5-10-14-26-37-33(35)31-15-11-7-6-8-12-16-31/h6-7,17-24,31H,1-5,8-16,25-26H2/b7-6-/t31-/m1/s1. The predicted octanol–water partition coefficient (Wildman–Crippen LogP) is 8.79. The molecule has 4 heteroatoms. The molecule has 3 rings (SSSR count). The first-order chi connectivity index (χ1) is 18.3. The minimum atomic E-state index is 0.0272. The highest BCUT2D eigenvalue weighted by atomic mass is 16.5. The SMILES string of the molecule is N#Cc1ccc(-c2ccc(OCCCCCCCCCCCOC(=O)[C@@H]3CC/C=C\CCC3)cc2)cc1. The van der Waals surface area contributed by atoms with Gasteiger partial charge < -0.3 is 9.47 Å². The normalized spacial score (nSPS) is 16.2. The summed E-state index contributed by atoms with van der Waals surface area (Å²) in [6.45, 7) is 1.34. The molecule has 0 fully saturated rings. The molecule has 2 aromatic rings. The molecular formula is C33H43NO3. The average Bonchev–Trinajstić information content (AvgIpc) is 2.91. The number of ether oxygens (including phenoxy) is 2. The van der Waals surface area contributed by atoms with Crippen molar-refractivity contribution < 1.29 is 14.3 Å². The number of esters is 1. The maximum Gasteiger partial charge on any atom is 0.308 e. The lowest BCUT2D eigenvalue weighted by molar-refractivity contribution is -0.149. The smallest absolute Gasteiger partial charge is 0.308 e. The summed E-state index contributed by atoms with van der Waals surface area (Å²) in [5.74, 6) is 1.04. The van der Waals surface area contributed by atoms with Gasteiger partial charge in [-0.2, -0.15) is 5.26 Å². The second-order valence-electron chi connectivity index (χ2n) is 10.1. The molecule has 0 heterocycles. The molecule has 37 heavy (non-hydrogen) atoms. The molecule has 0 aliphatic heterocycles. The molecule has 0 radical (unpaired) electrons. The van der Waals surface area contributed by atoms with Gasteiger partial charge in [0.2, 0.25) is 0 Å². The second-order valence-corrected chi connectivity index (χ2v) is 10.1. The molecule has 0 spiro atoms. The minimum Gasteiger partial charge on any atom is -0.494 e. The average molecular weight is 502 g/mol. The number of hydrogen-bond donors (Lipinski definition) is 0. The Morgan fingerprint density at radius 2 is 1.30 bits per heavy atom. The third-order valence-electron chi connectivity index (χ3n) is 7.11. The van der Waals surface area contributed by atoms with Crippen LogP contribution in [0.25, 0.3) is 11.1 Å². The number of carbonyl (C=O) groups is 1. The largest absolute Gasteiger partial charge is 0.494 e. The van der Waals surface area contributed by atoms with E-state index in [1.54, 1.807) is 0 Å². The Hall–Kier alpha value is -3.06. The van der Waals surface area contributed by atoms with E-state index in [4.69, 9.17) is 14.7 Å². The van der Waals surface area contributed by atoms with Gasteiger partial charge in [0, 0.05) is 0 Å². The van der Waals surface area contributed by atoms with Gasteiger partial charge in [-0.3, -0.25) is 4.79 Å². The minimum absolute atomic E-state index is 0.0272. The molecule has 0 saturated carbocycles. The van der Waals surface area contributed by atoms with Gasteiger partial charge in [-0.15, -0.1) is 0 Å². The number of benzene rings is 2. The zero-order chi connectivity index (χ0) is 26.0. The molecule has 0 bridgehead atoms. The number of allylic oxidation sites excluding steroid dienone is 2. The van der Waals surface area contributed by atoms with Crippen LogP contribution < -0.4 is 4.74 Å². The van der Waals surface area contributed by atoms with E-state index in [-0.39, 0.29) is 11.9 Å². The Balaban J connectivity index is 1.12. The van der Waals surface area contributed by atoms with Crippen molar-refractivity contribution in [2.24, 2.45) is 5.92 Å². The van der Waals surface area contributed by atoms with Crippen molar-refractivity contribution in [3.05, 3.63) is 66.2 Å². The van der Waals surface area contributed by atoms with E-state index in [0.29, 0.717) is 12.2 Å². The first kappa shape index (κ1) is 28.5. The van der Waals surface area contributed by atoms with Crippen molar-refractivity contribution in [3.8, 4) is 22.9 Å². The molecular weight excluding hydrogens is 458 g/mol. The summed E-state index contributed by atoms with van der Waals surface area (Å²) >= 11 is 0. The molecule has 1 atom stereocenters. The van der Waals surface area contributed by atoms with Crippen LogP contribution in [-0.4, -0.2) is 19.2 Å². The van der Waals surface area contributed by atoms with Crippen LogP contribution in [-0.2, 0) is 9.53 Å². The highest BCUT2D eigenvalue weighted by molar-refractivity contribution is 5.72. The second kappa shape index (κ2) is 17.4. The van der Waals surface area contributed by atoms with Crippen molar-refractivity contribution >= 4 is 5.97 Å². The fourth-order valence-corrected chi connectivity index (χ4v) is 4.80. The molecule has 0 saturated heterocycles. The van der Waals surface area contributed by atoms with Gasteiger partial charge in [0.05, 0.1) is 30.8 Å². The quantitative estimate of drug-likeness (QED) is 0.139. The predicted molar refractivity (Wildman–Crippen MR) is 150 cm³/mol.